The van der Waals surface area contributed by atoms with Gasteiger partial charge in [0.1, 0.15) is 5.56 Å². The van der Waals surface area contributed by atoms with Gasteiger partial charge < -0.3 is 14.8 Å². The van der Waals surface area contributed by atoms with Crippen LogP contribution in [0.25, 0.3) is 0 Å². The number of hydrogen-bond acceptors (Lipinski definition) is 6. The molecule has 2 aromatic carbocycles. The Morgan fingerprint density at radius 2 is 1.88 bits per heavy atom. The third-order valence-corrected chi connectivity index (χ3v) is 3.50. The van der Waals surface area contributed by atoms with Crippen LogP contribution in [-0.4, -0.2) is 25.1 Å². The molecule has 0 unspecified atom stereocenters. The Kier molecular flexibility index (Phi) is 5.86. The molecular formula is C17H18N2O5. The number of benzene rings is 2. The van der Waals surface area contributed by atoms with Gasteiger partial charge in [0.15, 0.2) is 0 Å². The summed E-state index contributed by atoms with van der Waals surface area (Å²) in [5.74, 6) is -0.745. The SMILES string of the molecule is COCc1ccccc1CNc1ccc([N+](=O)[O-])c(C(=O)OC)c1. The summed E-state index contributed by atoms with van der Waals surface area (Å²) in [5.41, 5.74) is 2.30. The molecule has 0 aliphatic carbocycles. The number of nitro groups is 1. The number of anilines is 1. The van der Waals surface area contributed by atoms with Crippen molar-refractivity contribution in [1.29, 1.82) is 0 Å². The number of nitrogens with one attached hydrogen (secondary N) is 1. The predicted octanol–water partition coefficient (Wildman–Crippen LogP) is 3.14. The van der Waals surface area contributed by atoms with Crippen LogP contribution >= 0.6 is 0 Å². The Bertz CT molecular complexity index is 746. The lowest BCUT2D eigenvalue weighted by Gasteiger charge is -2.12. The maximum atomic E-state index is 11.7. The molecule has 0 aromatic heterocycles. The molecule has 0 radical (unpaired) electrons. The Morgan fingerprint density at radius 1 is 1.17 bits per heavy atom. The first-order valence-electron chi connectivity index (χ1n) is 7.23. The molecule has 2 aromatic rings. The van der Waals surface area contributed by atoms with E-state index >= 15 is 0 Å². The third kappa shape index (κ3) is 4.08. The van der Waals surface area contributed by atoms with Crippen molar-refractivity contribution in [3.8, 4) is 0 Å². The zero-order chi connectivity index (χ0) is 17.5. The van der Waals surface area contributed by atoms with Gasteiger partial charge in [-0.05, 0) is 23.3 Å². The van der Waals surface area contributed by atoms with Crippen LogP contribution in [0.2, 0.25) is 0 Å². The largest absolute Gasteiger partial charge is 0.465 e. The molecule has 0 atom stereocenters. The predicted molar refractivity (Wildman–Crippen MR) is 88.9 cm³/mol. The molecule has 1 N–H and O–H groups in total. The van der Waals surface area contributed by atoms with Crippen LogP contribution in [0.4, 0.5) is 11.4 Å². The quantitative estimate of drug-likeness (QED) is 0.476. The Labute approximate surface area is 139 Å². The first kappa shape index (κ1) is 17.4. The summed E-state index contributed by atoms with van der Waals surface area (Å²) in [7, 11) is 2.82. The summed E-state index contributed by atoms with van der Waals surface area (Å²) in [6, 6.07) is 12.1. The van der Waals surface area contributed by atoms with Gasteiger partial charge in [-0.2, -0.15) is 0 Å². The van der Waals surface area contributed by atoms with Gasteiger partial charge in [0, 0.05) is 25.4 Å². The minimum Gasteiger partial charge on any atom is -0.465 e. The first-order valence-corrected chi connectivity index (χ1v) is 7.23. The minimum atomic E-state index is -0.745. The fourth-order valence-electron chi connectivity index (χ4n) is 2.30. The van der Waals surface area contributed by atoms with Crippen LogP contribution in [0.15, 0.2) is 42.5 Å². The number of nitro benzene ring substituents is 1. The molecule has 0 aliphatic rings. The van der Waals surface area contributed by atoms with Crippen LogP contribution < -0.4 is 5.32 Å². The molecule has 7 nitrogen and oxygen atoms in total. The summed E-state index contributed by atoms with van der Waals surface area (Å²) in [6.07, 6.45) is 0. The Hall–Kier alpha value is -2.93. The highest BCUT2D eigenvalue weighted by atomic mass is 16.6. The van der Waals surface area contributed by atoms with E-state index in [-0.39, 0.29) is 11.3 Å². The molecule has 0 fully saturated rings. The highest BCUT2D eigenvalue weighted by Crippen LogP contribution is 2.24. The maximum absolute atomic E-state index is 11.7. The van der Waals surface area contributed by atoms with Crippen molar-refractivity contribution in [2.24, 2.45) is 0 Å². The molecule has 24 heavy (non-hydrogen) atoms. The van der Waals surface area contributed by atoms with Gasteiger partial charge in [0.25, 0.3) is 5.69 Å². The van der Waals surface area contributed by atoms with E-state index in [0.717, 1.165) is 11.1 Å². The van der Waals surface area contributed by atoms with Crippen LogP contribution in [0.1, 0.15) is 21.5 Å². The molecular weight excluding hydrogens is 312 g/mol. The van der Waals surface area contributed by atoms with E-state index in [1.54, 1.807) is 13.2 Å². The standard InChI is InChI=1S/C17H18N2O5/c1-23-11-13-6-4-3-5-12(13)10-18-14-7-8-16(19(21)22)15(9-14)17(20)24-2/h3-9,18H,10-11H2,1-2H3. The smallest absolute Gasteiger partial charge is 0.344 e. The molecule has 0 bridgehead atoms. The number of ether oxygens (including phenoxy) is 2. The van der Waals surface area contributed by atoms with Gasteiger partial charge in [0.2, 0.25) is 0 Å². The van der Waals surface area contributed by atoms with Gasteiger partial charge in [-0.25, -0.2) is 4.79 Å². The number of nitrogens with zero attached hydrogens (tertiary/aromatic N) is 1. The number of hydrogen-bond donors (Lipinski definition) is 1. The number of esters is 1. The highest BCUT2D eigenvalue weighted by molar-refractivity contribution is 5.95. The van der Waals surface area contributed by atoms with E-state index in [0.29, 0.717) is 18.8 Å². The topological polar surface area (TPSA) is 90.7 Å². The van der Waals surface area contributed by atoms with E-state index in [4.69, 9.17) is 4.74 Å². The highest BCUT2D eigenvalue weighted by Gasteiger charge is 2.21. The van der Waals surface area contributed by atoms with Gasteiger partial charge in [-0.15, -0.1) is 0 Å². The van der Waals surface area contributed by atoms with E-state index in [1.807, 2.05) is 24.3 Å². The molecule has 0 heterocycles. The third-order valence-electron chi connectivity index (χ3n) is 3.50. The molecule has 126 valence electrons. The molecule has 2 rings (SSSR count). The fourth-order valence-corrected chi connectivity index (χ4v) is 2.30. The minimum absolute atomic E-state index is 0.0855. The lowest BCUT2D eigenvalue weighted by atomic mass is 10.1. The number of rotatable bonds is 7. The molecule has 0 saturated carbocycles. The second-order valence-electron chi connectivity index (χ2n) is 5.04. The second-order valence-corrected chi connectivity index (χ2v) is 5.04. The number of carbonyl (C=O) groups is 1. The van der Waals surface area contributed by atoms with Crippen molar-refractivity contribution in [2.45, 2.75) is 13.2 Å². The zero-order valence-corrected chi connectivity index (χ0v) is 13.4. The Balaban J connectivity index is 2.22. The molecule has 0 aliphatic heterocycles. The van der Waals surface area contributed by atoms with Crippen LogP contribution in [-0.2, 0) is 22.6 Å². The van der Waals surface area contributed by atoms with Crippen LogP contribution in [0.5, 0.6) is 0 Å². The Morgan fingerprint density at radius 3 is 2.50 bits per heavy atom. The number of methoxy groups -OCH3 is 2. The van der Waals surface area contributed by atoms with Gasteiger partial charge in [0.05, 0.1) is 18.6 Å². The second kappa shape index (κ2) is 8.07. The van der Waals surface area contributed by atoms with Crippen LogP contribution in [0, 0.1) is 10.1 Å². The normalized spacial score (nSPS) is 10.2. The summed E-state index contributed by atoms with van der Waals surface area (Å²) in [4.78, 5) is 22.1. The molecule has 0 spiro atoms. The van der Waals surface area contributed by atoms with Crippen molar-refractivity contribution < 1.29 is 19.2 Å². The molecule has 0 amide bonds. The van der Waals surface area contributed by atoms with Crippen molar-refractivity contribution in [3.05, 3.63) is 69.3 Å². The summed E-state index contributed by atoms with van der Waals surface area (Å²) >= 11 is 0. The summed E-state index contributed by atoms with van der Waals surface area (Å²) in [5, 5.41) is 14.2. The lowest BCUT2D eigenvalue weighted by Crippen LogP contribution is -2.08. The molecule has 0 saturated heterocycles. The van der Waals surface area contributed by atoms with E-state index in [1.165, 1.54) is 19.2 Å². The van der Waals surface area contributed by atoms with E-state index < -0.39 is 10.9 Å². The van der Waals surface area contributed by atoms with Crippen molar-refractivity contribution in [2.75, 3.05) is 19.5 Å². The van der Waals surface area contributed by atoms with Crippen molar-refractivity contribution in [1.82, 2.24) is 0 Å². The monoisotopic (exact) mass is 330 g/mol. The van der Waals surface area contributed by atoms with Gasteiger partial charge in [-0.1, -0.05) is 24.3 Å². The fraction of sp³-hybridized carbons (Fsp3) is 0.235. The summed E-state index contributed by atoms with van der Waals surface area (Å²) in [6.45, 7) is 0.990. The van der Waals surface area contributed by atoms with Gasteiger partial charge in [-0.3, -0.25) is 10.1 Å². The van der Waals surface area contributed by atoms with Crippen molar-refractivity contribution >= 4 is 17.3 Å². The number of carbonyl (C=O) groups excluding carboxylic acids is 1. The average Bonchev–Trinajstić information content (AvgIpc) is 2.60. The summed E-state index contributed by atoms with van der Waals surface area (Å²) < 4.78 is 9.77. The first-order chi connectivity index (χ1) is 11.6. The molecule has 7 heteroatoms. The van der Waals surface area contributed by atoms with Crippen LogP contribution in [0.3, 0.4) is 0 Å². The lowest BCUT2D eigenvalue weighted by molar-refractivity contribution is -0.385. The van der Waals surface area contributed by atoms with Crippen molar-refractivity contribution in [3.63, 3.8) is 0 Å². The van der Waals surface area contributed by atoms with E-state index in [2.05, 4.69) is 10.1 Å². The van der Waals surface area contributed by atoms with E-state index in [9.17, 15) is 14.9 Å². The zero-order valence-electron chi connectivity index (χ0n) is 13.4. The average molecular weight is 330 g/mol. The van der Waals surface area contributed by atoms with Gasteiger partial charge >= 0.3 is 5.97 Å². The maximum Gasteiger partial charge on any atom is 0.344 e.